The van der Waals surface area contributed by atoms with E-state index in [1.54, 1.807) is 17.5 Å². The standard InChI is InChI=1S/C20H25N5OS2/c1-11(2)25-16(9-10-21-25)24-18(26)12(3)27-19-17-14-7-5-6-8-15(14)28-20(17)23-13(4)22-19/h9-12H,5-8H2,1-4H3,(H,24,26)/t12-/m0/s1. The maximum atomic E-state index is 12.8. The normalized spacial score (nSPS) is 15.0. The van der Waals surface area contributed by atoms with Gasteiger partial charge in [-0.1, -0.05) is 11.8 Å². The molecule has 3 heterocycles. The van der Waals surface area contributed by atoms with Gasteiger partial charge in [0.1, 0.15) is 21.5 Å². The Kier molecular flexibility index (Phi) is 5.42. The molecule has 148 valence electrons. The maximum absolute atomic E-state index is 12.8. The summed E-state index contributed by atoms with van der Waals surface area (Å²) in [6.07, 6.45) is 6.39. The Morgan fingerprint density at radius 3 is 2.82 bits per heavy atom. The van der Waals surface area contributed by atoms with Crippen LogP contribution in [-0.4, -0.2) is 30.9 Å². The second-order valence-corrected chi connectivity index (χ2v) is 9.88. The molecule has 0 bridgehead atoms. The molecule has 1 atom stereocenters. The summed E-state index contributed by atoms with van der Waals surface area (Å²) in [6, 6.07) is 2.02. The summed E-state index contributed by atoms with van der Waals surface area (Å²) >= 11 is 3.32. The van der Waals surface area contributed by atoms with Crippen molar-refractivity contribution in [3.8, 4) is 0 Å². The van der Waals surface area contributed by atoms with Gasteiger partial charge in [-0.2, -0.15) is 5.10 Å². The van der Waals surface area contributed by atoms with Crippen molar-refractivity contribution in [3.05, 3.63) is 28.5 Å². The van der Waals surface area contributed by atoms with Crippen LogP contribution in [0.15, 0.2) is 17.3 Å². The monoisotopic (exact) mass is 415 g/mol. The lowest BCUT2D eigenvalue weighted by Gasteiger charge is -2.16. The Morgan fingerprint density at radius 1 is 1.25 bits per heavy atom. The van der Waals surface area contributed by atoms with Gasteiger partial charge in [0.2, 0.25) is 5.91 Å². The van der Waals surface area contributed by atoms with Gasteiger partial charge < -0.3 is 5.32 Å². The number of hydrogen-bond acceptors (Lipinski definition) is 6. The number of carbonyl (C=O) groups excluding carboxylic acids is 1. The molecule has 6 nitrogen and oxygen atoms in total. The predicted molar refractivity (Wildman–Crippen MR) is 115 cm³/mol. The van der Waals surface area contributed by atoms with Crippen molar-refractivity contribution in [2.45, 2.75) is 69.7 Å². The van der Waals surface area contributed by atoms with Crippen LogP contribution in [0.4, 0.5) is 5.82 Å². The average Bonchev–Trinajstić information content (AvgIpc) is 3.25. The number of fused-ring (bicyclic) bond motifs is 3. The molecular formula is C20H25N5OS2. The molecule has 1 aliphatic rings. The van der Waals surface area contributed by atoms with Gasteiger partial charge >= 0.3 is 0 Å². The summed E-state index contributed by atoms with van der Waals surface area (Å²) in [5, 5.41) is 9.12. The van der Waals surface area contributed by atoms with Gasteiger partial charge in [0, 0.05) is 22.4 Å². The van der Waals surface area contributed by atoms with E-state index in [1.165, 1.54) is 40.4 Å². The second-order valence-electron chi connectivity index (χ2n) is 7.47. The molecule has 0 fully saturated rings. The van der Waals surface area contributed by atoms with E-state index in [-0.39, 0.29) is 17.2 Å². The molecule has 1 amide bonds. The van der Waals surface area contributed by atoms with E-state index >= 15 is 0 Å². The Labute approximate surface area is 173 Å². The van der Waals surface area contributed by atoms with Crippen LogP contribution in [0.3, 0.4) is 0 Å². The van der Waals surface area contributed by atoms with Crippen molar-refractivity contribution < 1.29 is 4.79 Å². The Bertz CT molecular complexity index is 1020. The van der Waals surface area contributed by atoms with Crippen molar-refractivity contribution >= 4 is 45.0 Å². The van der Waals surface area contributed by atoms with E-state index in [0.717, 1.165) is 34.3 Å². The van der Waals surface area contributed by atoms with E-state index in [0.29, 0.717) is 0 Å². The first-order chi connectivity index (χ1) is 13.4. The number of carbonyl (C=O) groups is 1. The Morgan fingerprint density at radius 2 is 2.04 bits per heavy atom. The van der Waals surface area contributed by atoms with Gasteiger partial charge in [-0.05, 0) is 58.9 Å². The lowest BCUT2D eigenvalue weighted by atomic mass is 9.97. The van der Waals surface area contributed by atoms with Crippen LogP contribution in [0.25, 0.3) is 10.2 Å². The van der Waals surface area contributed by atoms with Crippen molar-refractivity contribution in [2.75, 3.05) is 5.32 Å². The Hall–Kier alpha value is -1.93. The SMILES string of the molecule is Cc1nc(S[C@@H](C)C(=O)Nc2ccnn2C(C)C)c2c3c(sc2n1)CCCC3. The van der Waals surface area contributed by atoms with Gasteiger partial charge in [-0.15, -0.1) is 11.3 Å². The number of nitrogens with zero attached hydrogens (tertiary/aromatic N) is 4. The zero-order chi connectivity index (χ0) is 19.8. The number of thiophene rings is 1. The summed E-state index contributed by atoms with van der Waals surface area (Å²) in [6.45, 7) is 7.94. The fraction of sp³-hybridized carbons (Fsp3) is 0.500. The molecule has 0 unspecified atom stereocenters. The summed E-state index contributed by atoms with van der Waals surface area (Å²) in [7, 11) is 0. The summed E-state index contributed by atoms with van der Waals surface area (Å²) < 4.78 is 1.82. The second kappa shape index (κ2) is 7.83. The van der Waals surface area contributed by atoms with E-state index in [1.807, 2.05) is 38.4 Å². The molecule has 3 aromatic heterocycles. The van der Waals surface area contributed by atoms with E-state index in [4.69, 9.17) is 4.98 Å². The smallest absolute Gasteiger partial charge is 0.238 e. The van der Waals surface area contributed by atoms with E-state index in [2.05, 4.69) is 15.4 Å². The van der Waals surface area contributed by atoms with Crippen molar-refractivity contribution in [1.82, 2.24) is 19.7 Å². The maximum Gasteiger partial charge on any atom is 0.238 e. The fourth-order valence-corrected chi connectivity index (χ4v) is 5.98. The van der Waals surface area contributed by atoms with Crippen LogP contribution >= 0.6 is 23.1 Å². The molecule has 0 spiro atoms. The number of amides is 1. The van der Waals surface area contributed by atoms with Gasteiger partial charge in [-0.3, -0.25) is 4.79 Å². The highest BCUT2D eigenvalue weighted by molar-refractivity contribution is 8.00. The molecule has 1 aliphatic carbocycles. The van der Waals surface area contributed by atoms with E-state index < -0.39 is 0 Å². The van der Waals surface area contributed by atoms with Crippen LogP contribution < -0.4 is 5.32 Å². The number of nitrogens with one attached hydrogen (secondary N) is 1. The summed E-state index contributed by atoms with van der Waals surface area (Å²) in [4.78, 5) is 24.7. The van der Waals surface area contributed by atoms with Crippen molar-refractivity contribution in [3.63, 3.8) is 0 Å². The lowest BCUT2D eigenvalue weighted by Crippen LogP contribution is -2.24. The molecule has 8 heteroatoms. The van der Waals surface area contributed by atoms with Gasteiger partial charge in [-0.25, -0.2) is 14.6 Å². The molecule has 28 heavy (non-hydrogen) atoms. The minimum absolute atomic E-state index is 0.0408. The van der Waals surface area contributed by atoms with Gasteiger partial charge in [0.05, 0.1) is 11.4 Å². The highest BCUT2D eigenvalue weighted by atomic mass is 32.2. The first-order valence-corrected chi connectivity index (χ1v) is 11.4. The average molecular weight is 416 g/mol. The molecule has 0 radical (unpaired) electrons. The van der Waals surface area contributed by atoms with Crippen LogP contribution in [0.5, 0.6) is 0 Å². The molecule has 1 N–H and O–H groups in total. The predicted octanol–water partition coefficient (Wildman–Crippen LogP) is 4.78. The topological polar surface area (TPSA) is 72.7 Å². The van der Waals surface area contributed by atoms with Crippen LogP contribution in [-0.2, 0) is 17.6 Å². The number of thioether (sulfide) groups is 1. The highest BCUT2D eigenvalue weighted by Crippen LogP contribution is 2.40. The van der Waals surface area contributed by atoms with Crippen LogP contribution in [0, 0.1) is 6.92 Å². The van der Waals surface area contributed by atoms with Gasteiger partial charge in [0.15, 0.2) is 0 Å². The summed E-state index contributed by atoms with van der Waals surface area (Å²) in [5.74, 6) is 1.45. The van der Waals surface area contributed by atoms with Gasteiger partial charge in [0.25, 0.3) is 0 Å². The van der Waals surface area contributed by atoms with Crippen LogP contribution in [0.1, 0.15) is 55.9 Å². The molecule has 0 saturated carbocycles. The minimum atomic E-state index is -0.271. The minimum Gasteiger partial charge on any atom is -0.310 e. The largest absolute Gasteiger partial charge is 0.310 e. The zero-order valence-electron chi connectivity index (χ0n) is 16.7. The molecule has 3 aromatic rings. The number of anilines is 1. The molecule has 4 rings (SSSR count). The first-order valence-electron chi connectivity index (χ1n) is 9.74. The van der Waals surface area contributed by atoms with Crippen molar-refractivity contribution in [2.24, 2.45) is 0 Å². The molecule has 0 aliphatic heterocycles. The Balaban J connectivity index is 1.59. The molecule has 0 saturated heterocycles. The fourth-order valence-electron chi connectivity index (χ4n) is 3.58. The van der Waals surface area contributed by atoms with E-state index in [9.17, 15) is 4.79 Å². The van der Waals surface area contributed by atoms with Crippen LogP contribution in [0.2, 0.25) is 0 Å². The number of aryl methyl sites for hydroxylation is 3. The highest BCUT2D eigenvalue weighted by Gasteiger charge is 2.24. The summed E-state index contributed by atoms with van der Waals surface area (Å²) in [5.41, 5.74) is 1.40. The lowest BCUT2D eigenvalue weighted by molar-refractivity contribution is -0.115. The quantitative estimate of drug-likeness (QED) is 0.480. The zero-order valence-corrected chi connectivity index (χ0v) is 18.3. The number of hydrogen-bond donors (Lipinski definition) is 1. The third-order valence-corrected chi connectivity index (χ3v) is 7.23. The first kappa shape index (κ1) is 19.4. The third-order valence-electron chi connectivity index (χ3n) is 4.96. The van der Waals surface area contributed by atoms with Crippen molar-refractivity contribution in [1.29, 1.82) is 0 Å². The molecular weight excluding hydrogens is 390 g/mol. The number of rotatable bonds is 5. The number of aromatic nitrogens is 4. The third kappa shape index (κ3) is 3.67. The molecule has 0 aromatic carbocycles.